The number of imide groups is 1. The number of anilines is 1. The van der Waals surface area contributed by atoms with Crippen LogP contribution in [0.5, 0.6) is 0 Å². The Morgan fingerprint density at radius 3 is 2.45 bits per heavy atom. The zero-order valence-electron chi connectivity index (χ0n) is 12.1. The Bertz CT molecular complexity index is 459. The maximum Gasteiger partial charge on any atom is 0.321 e. The fraction of sp³-hybridized carbons (Fsp3) is 0.429. The summed E-state index contributed by atoms with van der Waals surface area (Å²) in [6.07, 6.45) is 0. The number of rotatable bonds is 5. The van der Waals surface area contributed by atoms with Crippen LogP contribution in [0, 0.1) is 0 Å². The second kappa shape index (κ2) is 7.49. The minimum atomic E-state index is -0.467. The van der Waals surface area contributed by atoms with Gasteiger partial charge in [0.1, 0.15) is 0 Å². The summed E-state index contributed by atoms with van der Waals surface area (Å²) in [7, 11) is 1.83. The van der Waals surface area contributed by atoms with Gasteiger partial charge in [-0.3, -0.25) is 15.0 Å². The van der Waals surface area contributed by atoms with Gasteiger partial charge in [0.15, 0.2) is 0 Å². The van der Waals surface area contributed by atoms with Gasteiger partial charge in [0.2, 0.25) is 5.91 Å². The number of likely N-dealkylation sites (N-methyl/N-ethyl adjacent to an activating group) is 1. The first-order chi connectivity index (χ1) is 9.43. The van der Waals surface area contributed by atoms with Gasteiger partial charge in [-0.15, -0.1) is 0 Å². The number of nitrogens with one attached hydrogen (secondary N) is 2. The van der Waals surface area contributed by atoms with Crippen LogP contribution in [0.25, 0.3) is 0 Å². The van der Waals surface area contributed by atoms with Crippen LogP contribution in [-0.4, -0.2) is 36.5 Å². The number of benzene rings is 1. The molecular weight excluding hydrogens is 256 g/mol. The highest BCUT2D eigenvalue weighted by molar-refractivity contribution is 5.96. The molecule has 3 amide bonds. The molecule has 4 N–H and O–H groups in total. The lowest BCUT2D eigenvalue weighted by Gasteiger charge is -2.23. The second-order valence-electron chi connectivity index (χ2n) is 4.68. The van der Waals surface area contributed by atoms with E-state index >= 15 is 0 Å². The third kappa shape index (κ3) is 4.89. The second-order valence-corrected chi connectivity index (χ2v) is 4.68. The molecule has 0 aliphatic carbocycles. The van der Waals surface area contributed by atoms with Gasteiger partial charge in [0.25, 0.3) is 0 Å². The van der Waals surface area contributed by atoms with Gasteiger partial charge in [0.05, 0.1) is 6.04 Å². The molecule has 110 valence electrons. The molecule has 0 aliphatic rings. The molecule has 0 aromatic heterocycles. The van der Waals surface area contributed by atoms with Gasteiger partial charge in [-0.1, -0.05) is 12.1 Å². The van der Waals surface area contributed by atoms with Crippen molar-refractivity contribution in [2.24, 2.45) is 0 Å². The molecule has 0 fully saturated rings. The van der Waals surface area contributed by atoms with Crippen LogP contribution >= 0.6 is 0 Å². The predicted molar refractivity (Wildman–Crippen MR) is 79.0 cm³/mol. The third-order valence-electron chi connectivity index (χ3n) is 3.03. The molecule has 1 rings (SSSR count). The summed E-state index contributed by atoms with van der Waals surface area (Å²) in [5.41, 5.74) is 7.39. The number of nitrogens with two attached hydrogens (primary N) is 1. The molecule has 0 saturated carbocycles. The minimum absolute atomic E-state index is 0.325. The van der Waals surface area contributed by atoms with Crippen LogP contribution in [0.3, 0.4) is 0 Å². The van der Waals surface area contributed by atoms with Crippen molar-refractivity contribution in [3.63, 3.8) is 0 Å². The Morgan fingerprint density at radius 1 is 1.30 bits per heavy atom. The number of nitrogens with zero attached hydrogens (tertiary/aromatic N) is 1. The van der Waals surface area contributed by atoms with E-state index in [1.165, 1.54) is 0 Å². The zero-order valence-corrected chi connectivity index (χ0v) is 12.1. The van der Waals surface area contributed by atoms with E-state index in [0.29, 0.717) is 18.8 Å². The lowest BCUT2D eigenvalue weighted by atomic mass is 10.1. The zero-order chi connectivity index (χ0) is 15.1. The molecule has 0 heterocycles. The summed E-state index contributed by atoms with van der Waals surface area (Å²) < 4.78 is 0. The summed E-state index contributed by atoms with van der Waals surface area (Å²) >= 11 is 0. The Labute approximate surface area is 119 Å². The third-order valence-corrected chi connectivity index (χ3v) is 3.03. The summed E-state index contributed by atoms with van der Waals surface area (Å²) in [5.74, 6) is -0.325. The fourth-order valence-corrected chi connectivity index (χ4v) is 1.67. The van der Waals surface area contributed by atoms with Crippen LogP contribution < -0.4 is 16.4 Å². The smallest absolute Gasteiger partial charge is 0.321 e. The van der Waals surface area contributed by atoms with E-state index in [1.807, 2.05) is 36.2 Å². The average molecular weight is 278 g/mol. The van der Waals surface area contributed by atoms with E-state index in [9.17, 15) is 9.59 Å². The van der Waals surface area contributed by atoms with Crippen LogP contribution in [0.1, 0.15) is 19.4 Å². The minimum Gasteiger partial charge on any atom is -0.399 e. The van der Waals surface area contributed by atoms with E-state index in [1.54, 1.807) is 13.8 Å². The fourth-order valence-electron chi connectivity index (χ4n) is 1.67. The van der Waals surface area contributed by atoms with Crippen LogP contribution in [-0.2, 0) is 11.3 Å². The monoisotopic (exact) mass is 278 g/mol. The summed E-state index contributed by atoms with van der Waals surface area (Å²) in [6, 6.07) is 6.60. The number of carbonyl (C=O) groups is 2. The van der Waals surface area contributed by atoms with Crippen molar-refractivity contribution < 1.29 is 9.59 Å². The first kappa shape index (κ1) is 16.0. The quantitative estimate of drug-likeness (QED) is 0.699. The first-order valence-electron chi connectivity index (χ1n) is 6.57. The molecule has 6 nitrogen and oxygen atoms in total. The highest BCUT2D eigenvalue weighted by Gasteiger charge is 2.19. The van der Waals surface area contributed by atoms with E-state index in [-0.39, 0.29) is 5.91 Å². The molecule has 1 aromatic rings. The Morgan fingerprint density at radius 2 is 1.90 bits per heavy atom. The molecule has 1 atom stereocenters. The normalized spacial score (nSPS) is 12.0. The predicted octanol–water partition coefficient (Wildman–Crippen LogP) is 0.935. The van der Waals surface area contributed by atoms with Gasteiger partial charge in [0, 0.05) is 18.8 Å². The van der Waals surface area contributed by atoms with Crippen LogP contribution in [0.4, 0.5) is 10.5 Å². The molecule has 0 aliphatic heterocycles. The van der Waals surface area contributed by atoms with Crippen LogP contribution in [0.15, 0.2) is 24.3 Å². The Balaban J connectivity index is 2.53. The van der Waals surface area contributed by atoms with Crippen molar-refractivity contribution in [2.75, 3.05) is 19.3 Å². The topological polar surface area (TPSA) is 87.5 Å². The standard InChI is InChI=1S/C14H22N4O2/c1-4-16-14(20)17-13(19)10(2)18(3)9-11-5-7-12(15)8-6-11/h5-8,10H,4,9,15H2,1-3H3,(H2,16,17,19,20). The maximum absolute atomic E-state index is 11.9. The van der Waals surface area contributed by atoms with Crippen molar-refractivity contribution in [1.82, 2.24) is 15.5 Å². The van der Waals surface area contributed by atoms with Crippen molar-refractivity contribution in [3.05, 3.63) is 29.8 Å². The maximum atomic E-state index is 11.9. The number of carbonyl (C=O) groups excluding carboxylic acids is 2. The molecule has 0 saturated heterocycles. The molecule has 1 unspecified atom stereocenters. The van der Waals surface area contributed by atoms with E-state index in [0.717, 1.165) is 5.56 Å². The molecule has 0 spiro atoms. The summed E-state index contributed by atoms with van der Waals surface area (Å²) in [5, 5.41) is 4.83. The van der Waals surface area contributed by atoms with Gasteiger partial charge in [-0.2, -0.15) is 0 Å². The largest absolute Gasteiger partial charge is 0.399 e. The van der Waals surface area contributed by atoms with Crippen molar-refractivity contribution in [3.8, 4) is 0 Å². The van der Waals surface area contributed by atoms with Gasteiger partial charge in [-0.05, 0) is 38.6 Å². The first-order valence-corrected chi connectivity index (χ1v) is 6.57. The lowest BCUT2D eigenvalue weighted by molar-refractivity contribution is -0.124. The molecule has 0 bridgehead atoms. The van der Waals surface area contributed by atoms with Gasteiger partial charge in [-0.25, -0.2) is 4.79 Å². The van der Waals surface area contributed by atoms with E-state index < -0.39 is 12.1 Å². The number of urea groups is 1. The number of hydrogen-bond acceptors (Lipinski definition) is 4. The number of amides is 3. The Hall–Kier alpha value is -2.08. The highest BCUT2D eigenvalue weighted by Crippen LogP contribution is 2.09. The summed E-state index contributed by atoms with van der Waals surface area (Å²) in [4.78, 5) is 25.0. The van der Waals surface area contributed by atoms with Gasteiger partial charge >= 0.3 is 6.03 Å². The molecule has 1 aromatic carbocycles. The number of nitrogen functional groups attached to an aromatic ring is 1. The molecular formula is C14H22N4O2. The van der Waals surface area contributed by atoms with E-state index in [4.69, 9.17) is 5.73 Å². The van der Waals surface area contributed by atoms with E-state index in [2.05, 4.69) is 10.6 Å². The molecule has 6 heteroatoms. The van der Waals surface area contributed by atoms with Crippen molar-refractivity contribution >= 4 is 17.6 Å². The highest BCUT2D eigenvalue weighted by atomic mass is 16.2. The van der Waals surface area contributed by atoms with Gasteiger partial charge < -0.3 is 11.1 Å². The molecule has 20 heavy (non-hydrogen) atoms. The SMILES string of the molecule is CCNC(=O)NC(=O)C(C)N(C)Cc1ccc(N)cc1. The van der Waals surface area contributed by atoms with Crippen molar-refractivity contribution in [2.45, 2.75) is 26.4 Å². The average Bonchev–Trinajstić information content (AvgIpc) is 2.40. The number of hydrogen-bond donors (Lipinski definition) is 3. The molecule has 0 radical (unpaired) electrons. The van der Waals surface area contributed by atoms with Crippen LogP contribution in [0.2, 0.25) is 0 Å². The van der Waals surface area contributed by atoms with Crippen molar-refractivity contribution in [1.29, 1.82) is 0 Å². The Kier molecular flexibility index (Phi) is 5.99. The summed E-state index contributed by atoms with van der Waals surface area (Å²) in [6.45, 7) is 4.63. The lowest BCUT2D eigenvalue weighted by Crippen LogP contribution is -2.48.